The lowest BCUT2D eigenvalue weighted by Crippen LogP contribution is -2.34. The number of carbonyl (C=O) groups is 2. The zero-order chi connectivity index (χ0) is 17.4. The topological polar surface area (TPSA) is 102 Å². The number of hydrogen-bond acceptors (Lipinski definition) is 6. The fourth-order valence-electron chi connectivity index (χ4n) is 1.79. The molecule has 0 atom stereocenters. The summed E-state index contributed by atoms with van der Waals surface area (Å²) in [5.41, 5.74) is 2.98. The van der Waals surface area contributed by atoms with Crippen LogP contribution in [-0.2, 0) is 4.79 Å². The molecule has 0 aliphatic carbocycles. The fraction of sp³-hybridized carbons (Fsp3) is 0.188. The van der Waals surface area contributed by atoms with Crippen LogP contribution in [0, 0.1) is 0 Å². The van der Waals surface area contributed by atoms with Crippen LogP contribution in [0.2, 0.25) is 0 Å². The van der Waals surface area contributed by atoms with Gasteiger partial charge in [0, 0.05) is 11.6 Å². The second kappa shape index (κ2) is 8.37. The van der Waals surface area contributed by atoms with Gasteiger partial charge in [-0.1, -0.05) is 0 Å². The number of carbonyl (C=O) groups excluding carboxylic acids is 2. The van der Waals surface area contributed by atoms with Gasteiger partial charge in [-0.2, -0.15) is 5.10 Å². The molecule has 0 saturated carbocycles. The summed E-state index contributed by atoms with van der Waals surface area (Å²) >= 11 is 0. The molecule has 0 unspecified atom stereocenters. The van der Waals surface area contributed by atoms with Gasteiger partial charge in [-0.15, -0.1) is 0 Å². The summed E-state index contributed by atoms with van der Waals surface area (Å²) in [6.07, 6.45) is 2.81. The predicted molar refractivity (Wildman–Crippen MR) is 86.3 cm³/mol. The molecule has 0 bridgehead atoms. The first-order chi connectivity index (χ1) is 11.6. The molecule has 0 spiro atoms. The molecular weight excluding hydrogens is 314 g/mol. The molecule has 1 aromatic heterocycles. The quantitative estimate of drug-likeness (QED) is 0.586. The van der Waals surface area contributed by atoms with E-state index in [9.17, 15) is 9.59 Å². The number of hydrogen-bond donors (Lipinski definition) is 2. The van der Waals surface area contributed by atoms with E-state index in [4.69, 9.17) is 13.9 Å². The van der Waals surface area contributed by atoms with Crippen molar-refractivity contribution < 1.29 is 23.5 Å². The fourth-order valence-corrected chi connectivity index (χ4v) is 1.79. The summed E-state index contributed by atoms with van der Waals surface area (Å²) in [5.74, 6) is 0.385. The van der Waals surface area contributed by atoms with Gasteiger partial charge in [0.05, 0.1) is 33.2 Å². The van der Waals surface area contributed by atoms with Gasteiger partial charge < -0.3 is 19.2 Å². The molecule has 2 aromatic rings. The highest BCUT2D eigenvalue weighted by Gasteiger charge is 2.09. The molecule has 2 N–H and O–H groups in total. The summed E-state index contributed by atoms with van der Waals surface area (Å²) in [6.45, 7) is -0.226. The van der Waals surface area contributed by atoms with E-state index in [1.54, 1.807) is 31.4 Å². The van der Waals surface area contributed by atoms with Gasteiger partial charge in [0.1, 0.15) is 11.5 Å². The zero-order valence-corrected chi connectivity index (χ0v) is 13.2. The minimum absolute atomic E-state index is 0.134. The molecule has 2 amide bonds. The van der Waals surface area contributed by atoms with Crippen LogP contribution in [0.25, 0.3) is 0 Å². The summed E-state index contributed by atoms with van der Waals surface area (Å²) < 4.78 is 15.2. The molecule has 0 saturated heterocycles. The van der Waals surface area contributed by atoms with Crippen molar-refractivity contribution in [2.75, 3.05) is 20.8 Å². The van der Waals surface area contributed by atoms with Crippen molar-refractivity contribution in [1.82, 2.24) is 10.7 Å². The summed E-state index contributed by atoms with van der Waals surface area (Å²) in [4.78, 5) is 23.2. The second-order valence-corrected chi connectivity index (χ2v) is 4.56. The van der Waals surface area contributed by atoms with Crippen molar-refractivity contribution in [1.29, 1.82) is 0 Å². The molecule has 0 aliphatic heterocycles. The molecule has 8 nitrogen and oxygen atoms in total. The third-order valence-electron chi connectivity index (χ3n) is 2.99. The Bertz CT molecular complexity index is 725. The molecule has 1 aromatic carbocycles. The highest BCUT2D eigenvalue weighted by molar-refractivity contribution is 5.94. The summed E-state index contributed by atoms with van der Waals surface area (Å²) in [7, 11) is 3.08. The molecule has 0 fully saturated rings. The highest BCUT2D eigenvalue weighted by Crippen LogP contribution is 2.22. The Morgan fingerprint density at radius 2 is 2.08 bits per heavy atom. The van der Waals surface area contributed by atoms with Crippen LogP contribution in [0.4, 0.5) is 0 Å². The smallest absolute Gasteiger partial charge is 0.287 e. The van der Waals surface area contributed by atoms with E-state index in [1.807, 2.05) is 0 Å². The van der Waals surface area contributed by atoms with E-state index in [-0.39, 0.29) is 12.3 Å². The third kappa shape index (κ3) is 4.60. The SMILES string of the molecule is COc1ccc(/C=N/NC(=O)CNC(=O)c2ccco2)c(OC)c1. The minimum Gasteiger partial charge on any atom is -0.497 e. The first-order valence-corrected chi connectivity index (χ1v) is 6.99. The number of ether oxygens (including phenoxy) is 2. The van der Waals surface area contributed by atoms with Crippen molar-refractivity contribution in [3.63, 3.8) is 0 Å². The standard InChI is InChI=1S/C16H17N3O5/c1-22-12-6-5-11(14(8-12)23-2)9-18-19-15(20)10-17-16(21)13-4-3-7-24-13/h3-9H,10H2,1-2H3,(H,17,21)(H,19,20)/b18-9+. The van der Waals surface area contributed by atoms with Crippen LogP contribution in [0.3, 0.4) is 0 Å². The van der Waals surface area contributed by atoms with E-state index in [0.717, 1.165) is 0 Å². The first kappa shape index (κ1) is 17.1. The van der Waals surface area contributed by atoms with Crippen LogP contribution >= 0.6 is 0 Å². The summed E-state index contributed by atoms with van der Waals surface area (Å²) in [5, 5.41) is 6.24. The Labute approximate surface area is 138 Å². The number of hydrazone groups is 1. The van der Waals surface area contributed by atoms with Crippen molar-refractivity contribution >= 4 is 18.0 Å². The molecule has 0 radical (unpaired) electrons. The van der Waals surface area contributed by atoms with Gasteiger partial charge >= 0.3 is 0 Å². The normalized spacial score (nSPS) is 10.4. The van der Waals surface area contributed by atoms with Crippen LogP contribution < -0.4 is 20.2 Å². The Morgan fingerprint density at radius 3 is 2.75 bits per heavy atom. The van der Waals surface area contributed by atoms with Gasteiger partial charge in [-0.3, -0.25) is 9.59 Å². The van der Waals surface area contributed by atoms with Crippen molar-refractivity contribution in [3.05, 3.63) is 47.9 Å². The molecule has 24 heavy (non-hydrogen) atoms. The highest BCUT2D eigenvalue weighted by atomic mass is 16.5. The van der Waals surface area contributed by atoms with E-state index < -0.39 is 11.8 Å². The monoisotopic (exact) mass is 331 g/mol. The zero-order valence-electron chi connectivity index (χ0n) is 13.2. The van der Waals surface area contributed by atoms with Crippen molar-refractivity contribution in [3.8, 4) is 11.5 Å². The number of benzene rings is 1. The van der Waals surface area contributed by atoms with Gasteiger partial charge in [0.25, 0.3) is 11.8 Å². The molecular formula is C16H17N3O5. The number of amides is 2. The number of furan rings is 1. The van der Waals surface area contributed by atoms with Gasteiger partial charge in [0.2, 0.25) is 0 Å². The van der Waals surface area contributed by atoms with Crippen LogP contribution in [0.5, 0.6) is 11.5 Å². The lowest BCUT2D eigenvalue weighted by Gasteiger charge is -2.07. The van der Waals surface area contributed by atoms with Gasteiger partial charge in [-0.25, -0.2) is 5.43 Å². The van der Waals surface area contributed by atoms with Crippen LogP contribution in [-0.4, -0.2) is 38.8 Å². The predicted octanol–water partition coefficient (Wildman–Crippen LogP) is 1.18. The van der Waals surface area contributed by atoms with Gasteiger partial charge in [-0.05, 0) is 24.3 Å². The molecule has 1 heterocycles. The molecule has 8 heteroatoms. The Balaban J connectivity index is 1.85. The van der Waals surface area contributed by atoms with Crippen molar-refractivity contribution in [2.24, 2.45) is 5.10 Å². The largest absolute Gasteiger partial charge is 0.497 e. The number of nitrogens with zero attached hydrogens (tertiary/aromatic N) is 1. The lowest BCUT2D eigenvalue weighted by atomic mass is 10.2. The Morgan fingerprint density at radius 1 is 1.25 bits per heavy atom. The van der Waals surface area contributed by atoms with E-state index in [2.05, 4.69) is 15.8 Å². The van der Waals surface area contributed by atoms with E-state index in [0.29, 0.717) is 17.1 Å². The maximum atomic E-state index is 11.6. The number of nitrogens with one attached hydrogen (secondary N) is 2. The number of rotatable bonds is 7. The molecule has 0 aliphatic rings. The Kier molecular flexibility index (Phi) is 5.95. The van der Waals surface area contributed by atoms with Crippen LogP contribution in [0.1, 0.15) is 16.1 Å². The average Bonchev–Trinajstić information content (AvgIpc) is 3.14. The van der Waals surface area contributed by atoms with E-state index >= 15 is 0 Å². The maximum absolute atomic E-state index is 11.6. The third-order valence-corrected chi connectivity index (χ3v) is 2.99. The van der Waals surface area contributed by atoms with E-state index in [1.165, 1.54) is 25.7 Å². The lowest BCUT2D eigenvalue weighted by molar-refractivity contribution is -0.120. The maximum Gasteiger partial charge on any atom is 0.287 e. The Hall–Kier alpha value is -3.29. The number of methoxy groups -OCH3 is 2. The van der Waals surface area contributed by atoms with Crippen molar-refractivity contribution in [2.45, 2.75) is 0 Å². The average molecular weight is 331 g/mol. The van der Waals surface area contributed by atoms with Gasteiger partial charge in [0.15, 0.2) is 5.76 Å². The molecule has 2 rings (SSSR count). The minimum atomic E-state index is -0.476. The summed E-state index contributed by atoms with van der Waals surface area (Å²) in [6, 6.07) is 8.27. The molecule has 126 valence electrons. The first-order valence-electron chi connectivity index (χ1n) is 6.99. The second-order valence-electron chi connectivity index (χ2n) is 4.56. The van der Waals surface area contributed by atoms with Crippen LogP contribution in [0.15, 0.2) is 46.1 Å².